The Hall–Kier alpha value is -5.21. The molecule has 7 rings (SSSR count). The van der Waals surface area contributed by atoms with Gasteiger partial charge in [0.05, 0.1) is 33.4 Å². The van der Waals surface area contributed by atoms with Crippen LogP contribution >= 0.6 is 34.5 Å². The predicted octanol–water partition coefficient (Wildman–Crippen LogP) is 6.40. The van der Waals surface area contributed by atoms with Crippen LogP contribution in [0.1, 0.15) is 40.4 Å². The van der Waals surface area contributed by atoms with E-state index in [-0.39, 0.29) is 56.4 Å². The second-order valence-corrected chi connectivity index (χ2v) is 15.1. The van der Waals surface area contributed by atoms with E-state index < -0.39 is 12.2 Å². The van der Waals surface area contributed by atoms with Crippen LogP contribution in [0.2, 0.25) is 10.0 Å². The number of fused-ring (bicyclic) bond motifs is 2. The molecule has 2 fully saturated rings. The van der Waals surface area contributed by atoms with Crippen LogP contribution in [0.5, 0.6) is 0 Å². The molecule has 5 amide bonds. The van der Waals surface area contributed by atoms with Crippen molar-refractivity contribution in [2.75, 3.05) is 30.7 Å². The maximum atomic E-state index is 14.5. The highest BCUT2D eigenvalue weighted by Crippen LogP contribution is 2.33. The molecule has 2 aliphatic rings. The standard InChI is InChI=1S/C39H38Cl2N8O4S/c1-2-17-47(39(53)43-20-25-13-16-29(40)30(41)18-25)48-23-34(50)49-31(19-24-11-14-28(15-12-24)44-36(51)26-7-4-3-5-8-26)37(52)46(22-33(48)49)21-27-9-6-10-32-35(27)45-38(42)54-32/h3-16,18,31,33H,2,17,19-23H2,1H3,(H2,42,45)(H,43,53)(H,44,51)/t31-,33+/m0/s1. The van der Waals surface area contributed by atoms with Gasteiger partial charge in [-0.15, -0.1) is 0 Å². The molecule has 4 aromatic carbocycles. The van der Waals surface area contributed by atoms with Gasteiger partial charge in [0.1, 0.15) is 12.2 Å². The molecule has 278 valence electrons. The third-order valence-corrected chi connectivity index (χ3v) is 11.1. The second-order valence-electron chi connectivity index (χ2n) is 13.2. The van der Waals surface area contributed by atoms with E-state index in [4.69, 9.17) is 28.9 Å². The number of anilines is 2. The zero-order valence-electron chi connectivity index (χ0n) is 29.4. The summed E-state index contributed by atoms with van der Waals surface area (Å²) in [7, 11) is 0. The Morgan fingerprint density at radius 2 is 1.72 bits per heavy atom. The van der Waals surface area contributed by atoms with Gasteiger partial charge in [-0.1, -0.05) is 90.0 Å². The molecule has 0 bridgehead atoms. The number of amides is 5. The van der Waals surface area contributed by atoms with Crippen LogP contribution in [-0.2, 0) is 29.1 Å². The number of halogens is 2. The molecule has 0 saturated carbocycles. The lowest BCUT2D eigenvalue weighted by molar-refractivity contribution is -0.157. The number of nitrogens with two attached hydrogens (primary N) is 1. The van der Waals surface area contributed by atoms with Crippen molar-refractivity contribution in [1.29, 1.82) is 0 Å². The van der Waals surface area contributed by atoms with Crippen molar-refractivity contribution in [2.45, 2.75) is 45.1 Å². The smallest absolute Gasteiger partial charge is 0.332 e. The molecule has 0 unspecified atom stereocenters. The minimum atomic E-state index is -0.853. The normalized spacial score (nSPS) is 17.2. The number of rotatable bonds is 11. The number of hydrogen-bond acceptors (Lipinski definition) is 8. The highest BCUT2D eigenvalue weighted by atomic mass is 35.5. The minimum Gasteiger partial charge on any atom is -0.375 e. The Labute approximate surface area is 326 Å². The van der Waals surface area contributed by atoms with Crippen molar-refractivity contribution in [3.05, 3.63) is 123 Å². The number of carbonyl (C=O) groups is 4. The van der Waals surface area contributed by atoms with Crippen molar-refractivity contribution >= 4 is 79.3 Å². The van der Waals surface area contributed by atoms with Crippen molar-refractivity contribution < 1.29 is 19.2 Å². The summed E-state index contributed by atoms with van der Waals surface area (Å²) in [6.07, 6.45) is 0.236. The Balaban J connectivity index is 1.16. The molecule has 12 nitrogen and oxygen atoms in total. The third kappa shape index (κ3) is 7.85. The number of urea groups is 1. The number of hydrazine groups is 1. The van der Waals surface area contributed by atoms with E-state index in [0.717, 1.165) is 26.9 Å². The molecule has 3 heterocycles. The topological polar surface area (TPSA) is 144 Å². The van der Waals surface area contributed by atoms with Gasteiger partial charge in [-0.3, -0.25) is 19.4 Å². The van der Waals surface area contributed by atoms with Crippen molar-refractivity contribution in [3.8, 4) is 0 Å². The number of para-hydroxylation sites is 1. The number of aromatic nitrogens is 1. The van der Waals surface area contributed by atoms with Crippen LogP contribution in [0.25, 0.3) is 10.2 Å². The first-order valence-corrected chi connectivity index (χ1v) is 19.1. The molecule has 15 heteroatoms. The van der Waals surface area contributed by atoms with E-state index in [1.165, 1.54) is 11.3 Å². The third-order valence-electron chi connectivity index (χ3n) is 9.53. The summed E-state index contributed by atoms with van der Waals surface area (Å²) in [6, 6.07) is 25.9. The fourth-order valence-corrected chi connectivity index (χ4v) is 8.07. The van der Waals surface area contributed by atoms with Crippen LogP contribution in [-0.4, -0.2) is 80.4 Å². The highest BCUT2D eigenvalue weighted by Gasteiger charge is 2.52. The van der Waals surface area contributed by atoms with Crippen LogP contribution in [0.15, 0.2) is 91.0 Å². The van der Waals surface area contributed by atoms with E-state index >= 15 is 0 Å². The maximum absolute atomic E-state index is 14.5. The quantitative estimate of drug-likeness (QED) is 0.141. The fraction of sp³-hybridized carbons (Fsp3) is 0.256. The molecule has 1 aromatic heterocycles. The maximum Gasteiger partial charge on any atom is 0.332 e. The molecule has 2 atom stereocenters. The number of carbonyl (C=O) groups excluding carboxylic acids is 4. The number of nitrogens with one attached hydrogen (secondary N) is 2. The summed E-state index contributed by atoms with van der Waals surface area (Å²) in [4.78, 5) is 62.9. The van der Waals surface area contributed by atoms with E-state index in [1.807, 2.05) is 43.3 Å². The van der Waals surface area contributed by atoms with Gasteiger partial charge in [0.2, 0.25) is 11.8 Å². The zero-order valence-corrected chi connectivity index (χ0v) is 31.7. The summed E-state index contributed by atoms with van der Waals surface area (Å²) >= 11 is 13.7. The monoisotopic (exact) mass is 784 g/mol. The van der Waals surface area contributed by atoms with Gasteiger partial charge in [0.15, 0.2) is 5.13 Å². The van der Waals surface area contributed by atoms with E-state index in [1.54, 1.807) is 74.4 Å². The van der Waals surface area contributed by atoms with Crippen LogP contribution in [0.3, 0.4) is 0 Å². The lowest BCUT2D eigenvalue weighted by atomic mass is 9.99. The average Bonchev–Trinajstić information content (AvgIpc) is 3.72. The van der Waals surface area contributed by atoms with Gasteiger partial charge in [-0.2, -0.15) is 5.01 Å². The number of benzene rings is 4. The van der Waals surface area contributed by atoms with Gasteiger partial charge >= 0.3 is 6.03 Å². The first-order valence-electron chi connectivity index (χ1n) is 17.5. The summed E-state index contributed by atoms with van der Waals surface area (Å²) in [5, 5.41) is 10.4. The van der Waals surface area contributed by atoms with Crippen LogP contribution < -0.4 is 16.4 Å². The Morgan fingerprint density at radius 1 is 0.963 bits per heavy atom. The molecule has 2 aliphatic heterocycles. The summed E-state index contributed by atoms with van der Waals surface area (Å²) in [5.41, 5.74) is 10.3. The molecule has 54 heavy (non-hydrogen) atoms. The summed E-state index contributed by atoms with van der Waals surface area (Å²) in [5.74, 6) is -0.701. The van der Waals surface area contributed by atoms with Gasteiger partial charge in [0, 0.05) is 37.3 Å². The van der Waals surface area contributed by atoms with Crippen LogP contribution in [0.4, 0.5) is 15.6 Å². The van der Waals surface area contributed by atoms with Gasteiger partial charge < -0.3 is 26.2 Å². The lowest BCUT2D eigenvalue weighted by Gasteiger charge is -2.46. The van der Waals surface area contributed by atoms with Crippen LogP contribution in [0, 0.1) is 0 Å². The Kier molecular flexibility index (Phi) is 11.0. The van der Waals surface area contributed by atoms with Gasteiger partial charge in [-0.25, -0.2) is 9.78 Å². The van der Waals surface area contributed by atoms with Gasteiger partial charge in [0.25, 0.3) is 5.91 Å². The summed E-state index contributed by atoms with van der Waals surface area (Å²) in [6.45, 7) is 2.83. The SMILES string of the molecule is CCCN(C(=O)NCc1ccc(Cl)c(Cl)c1)N1CC(=O)N2[C@@H](Cc3ccc(NC(=O)c4ccccc4)cc3)C(=O)N(Cc3cccc4sc(N)nc34)C[C@@H]21. The molecule has 0 spiro atoms. The second kappa shape index (κ2) is 16.0. The highest BCUT2D eigenvalue weighted by molar-refractivity contribution is 7.22. The molecular formula is C39H38Cl2N8O4S. The number of piperazine rings is 1. The van der Waals surface area contributed by atoms with Crippen molar-refractivity contribution in [3.63, 3.8) is 0 Å². The number of nitrogens with zero attached hydrogens (tertiary/aromatic N) is 5. The molecule has 5 aromatic rings. The van der Waals surface area contributed by atoms with Crippen molar-refractivity contribution in [2.24, 2.45) is 0 Å². The fourth-order valence-electron chi connectivity index (χ4n) is 6.96. The number of nitrogen functional groups attached to an aromatic ring is 1. The first kappa shape index (κ1) is 37.1. The van der Waals surface area contributed by atoms with Crippen molar-refractivity contribution in [1.82, 2.24) is 30.1 Å². The molecule has 4 N–H and O–H groups in total. The van der Waals surface area contributed by atoms with Gasteiger partial charge in [-0.05, 0) is 65.6 Å². The predicted molar refractivity (Wildman–Crippen MR) is 211 cm³/mol. The average molecular weight is 786 g/mol. The molecule has 0 aliphatic carbocycles. The lowest BCUT2D eigenvalue weighted by Crippen LogP contribution is -2.66. The Morgan fingerprint density at radius 3 is 2.46 bits per heavy atom. The first-order chi connectivity index (χ1) is 26.1. The van der Waals surface area contributed by atoms with E-state index in [9.17, 15) is 19.2 Å². The molecular weight excluding hydrogens is 747 g/mol. The number of thiazole rings is 1. The zero-order chi connectivity index (χ0) is 37.9. The Bertz CT molecular complexity index is 2200. The minimum absolute atomic E-state index is 0.0782. The van der Waals surface area contributed by atoms with E-state index in [0.29, 0.717) is 39.4 Å². The summed E-state index contributed by atoms with van der Waals surface area (Å²) < 4.78 is 0.914. The van der Waals surface area contributed by atoms with E-state index in [2.05, 4.69) is 15.6 Å². The molecule has 0 radical (unpaired) electrons. The number of hydrogen-bond donors (Lipinski definition) is 3. The molecule has 2 saturated heterocycles. The largest absolute Gasteiger partial charge is 0.375 e.